The van der Waals surface area contributed by atoms with Crippen LogP contribution in [0.5, 0.6) is 0 Å². The van der Waals surface area contributed by atoms with E-state index in [2.05, 4.69) is 15.6 Å². The Morgan fingerprint density at radius 3 is 2.03 bits per heavy atom. The summed E-state index contributed by atoms with van der Waals surface area (Å²) in [5.74, 6) is -7.18. The zero-order chi connectivity index (χ0) is 65.0. The number of aliphatic hydroxyl groups is 2. The summed E-state index contributed by atoms with van der Waals surface area (Å²) in [4.78, 5) is 125. The molecule has 2 fully saturated rings. The number of primary amides is 6. The van der Waals surface area contributed by atoms with E-state index in [0.29, 0.717) is 56.4 Å². The number of benzene rings is 1. The summed E-state index contributed by atoms with van der Waals surface area (Å²) < 4.78 is 32.0. The molecule has 7 heterocycles. The maximum atomic E-state index is 14.3. The van der Waals surface area contributed by atoms with Gasteiger partial charge in [-0.3, -0.25) is 57.6 Å². The van der Waals surface area contributed by atoms with Crippen molar-refractivity contribution in [3.05, 3.63) is 64.9 Å². The first-order chi connectivity index (χ1) is 41.0. The Hall–Kier alpha value is -7.00. The van der Waals surface area contributed by atoms with E-state index in [-0.39, 0.29) is 77.2 Å². The first kappa shape index (κ1) is 66.9. The molecule has 2 aromatic rings. The maximum absolute atomic E-state index is 14.3. The molecule has 6 aliphatic rings. The van der Waals surface area contributed by atoms with Crippen molar-refractivity contribution >= 4 is 77.3 Å². The van der Waals surface area contributed by atoms with Crippen LogP contribution in [0.2, 0.25) is 0 Å². The number of rotatable bonds is 26. The van der Waals surface area contributed by atoms with Crippen molar-refractivity contribution in [1.29, 1.82) is 0 Å². The van der Waals surface area contributed by atoms with Gasteiger partial charge in [-0.1, -0.05) is 46.8 Å². The average Bonchev–Trinajstić information content (AvgIpc) is 1.53. The molecule has 1 aromatic heterocycles. The van der Waals surface area contributed by atoms with E-state index in [0.717, 1.165) is 0 Å². The molecule has 28 heteroatoms. The number of para-hydroxylation sites is 2. The van der Waals surface area contributed by atoms with E-state index in [1.54, 1.807) is 24.3 Å². The molecule has 27 nitrogen and oxygen atoms in total. The molecular formula is C60H86N13O14P. The number of imidazole rings is 1. The Morgan fingerprint density at radius 1 is 0.818 bits per heavy atom. The topological polar surface area (TPSA) is 460 Å². The third-order valence-electron chi connectivity index (χ3n) is 19.9. The van der Waals surface area contributed by atoms with Gasteiger partial charge in [0.25, 0.3) is 0 Å². The van der Waals surface area contributed by atoms with E-state index in [1.165, 1.54) is 17.8 Å². The van der Waals surface area contributed by atoms with Gasteiger partial charge >= 0.3 is 7.82 Å². The van der Waals surface area contributed by atoms with Crippen LogP contribution in [0.4, 0.5) is 0 Å². The number of aliphatic hydroxyl groups excluding tert-OH is 2. The Bertz CT molecular complexity index is 3430. The standard InChI is InChI=1S/C60H86N13O14P/c1-29(86-88(83,84)87-51-39(27-74)85-55(50(51)82)73-28-68-36-12-10-11-13-38(36)73)26-67-47(81)20-21-57(6)35(22-44(64)78)54-60(9)59(8,25-46(66)80)34(16-19-43(63)77)49(72-60)31(3)53-58(7,24-45(65)79)32(14-17-41(61)75)37(69-53)23-40-56(4,5)33(15-18-42(62)76)48(70-40)30(2)52(57)71-54/h10-13,23,28-29,32-35,39,50-51,54-55,69,74,82H,14-22,24-27H2,1-9H3,(H2,61,75)(H2,62,76)(H2,63,77)(H2,64,78)(H2,65,79)(H2,66,80)(H,67,81)(H,83,84)/b37-23?,48-30-,53-31-/t29-,32+,33+,34+,35-,39+,50+,51+,54+,55-,57+,58-,59-,60-/m0/s1. The molecule has 2 saturated heterocycles. The van der Waals surface area contributed by atoms with E-state index in [9.17, 15) is 53.2 Å². The molecule has 0 aliphatic carbocycles. The van der Waals surface area contributed by atoms with Crippen LogP contribution in [0.1, 0.15) is 139 Å². The minimum Gasteiger partial charge on any atom is -0.394 e. The summed E-state index contributed by atoms with van der Waals surface area (Å²) in [7, 11) is -5.05. The third kappa shape index (κ3) is 12.6. The van der Waals surface area contributed by atoms with E-state index < -0.39 is 143 Å². The lowest BCUT2D eigenvalue weighted by Gasteiger charge is -2.48. The second-order valence-corrected chi connectivity index (χ2v) is 27.5. The lowest BCUT2D eigenvalue weighted by atomic mass is 9.55. The number of amides is 7. The van der Waals surface area contributed by atoms with Gasteiger partial charge in [0, 0.05) is 131 Å². The summed E-state index contributed by atoms with van der Waals surface area (Å²) in [6, 6.07) is 6.00. The van der Waals surface area contributed by atoms with Gasteiger partial charge < -0.3 is 69.4 Å². The highest BCUT2D eigenvalue weighted by Gasteiger charge is 2.66. The molecule has 1 unspecified atom stereocenters. The van der Waals surface area contributed by atoms with Crippen molar-refractivity contribution in [2.45, 2.75) is 175 Å². The van der Waals surface area contributed by atoms with Gasteiger partial charge in [-0.2, -0.15) is 0 Å². The summed E-state index contributed by atoms with van der Waals surface area (Å²) >= 11 is 0. The molecule has 17 N–H and O–H groups in total. The molecular weight excluding hydrogens is 1160 g/mol. The normalized spacial score (nSPS) is 34.1. The smallest absolute Gasteiger partial charge is 0.394 e. The van der Waals surface area contributed by atoms with Crippen LogP contribution in [-0.4, -0.2) is 132 Å². The zero-order valence-electron chi connectivity index (χ0n) is 51.4. The van der Waals surface area contributed by atoms with E-state index in [4.69, 9.17) is 63.2 Å². The molecule has 15 atom stereocenters. The van der Waals surface area contributed by atoms with Gasteiger partial charge in [-0.15, -0.1) is 0 Å². The Morgan fingerprint density at radius 2 is 1.43 bits per heavy atom. The number of carbonyl (C=O) groups is 7. The number of fused-ring (bicyclic) bond motifs is 7. The third-order valence-corrected chi connectivity index (χ3v) is 21.0. The number of nitrogens with two attached hydrogens (primary N) is 6. The first-order valence-corrected chi connectivity index (χ1v) is 31.2. The summed E-state index contributed by atoms with van der Waals surface area (Å²) in [6.45, 7) is 15.4. The van der Waals surface area contributed by atoms with Crippen LogP contribution in [0.15, 0.2) is 79.9 Å². The van der Waals surface area contributed by atoms with Crippen molar-refractivity contribution < 1.29 is 67.0 Å². The van der Waals surface area contributed by atoms with Gasteiger partial charge in [0.2, 0.25) is 41.4 Å². The Labute approximate surface area is 510 Å². The minimum absolute atomic E-state index is 0.0106. The van der Waals surface area contributed by atoms with Gasteiger partial charge in [0.15, 0.2) is 6.23 Å². The monoisotopic (exact) mass is 1240 g/mol. The van der Waals surface area contributed by atoms with Crippen molar-refractivity contribution in [2.24, 2.45) is 94.7 Å². The SMILES string of the molecule is C/C1=C2/N=C(C=C3N/C(=C(/C)C4=N[C@@](C)([C@@H]5N=C1[C@](C)(CCC(=O)NC[C@H](C)OP(=O)(O)O[C@H]1[C@@H](O)[C@@H](n6cnc7ccccc76)O[C@@H]1CO)[C@H]5CC(N)=O)[C@@](C)(CC(N)=O)[C@@H]4CCC(N)=O)[C@@](C)(CC(N)=O)[C@@H]3CCC(N)=O)C(C)(C)[C@@H]2CCC(N)=O. The van der Waals surface area contributed by atoms with Crippen molar-refractivity contribution in [1.82, 2.24) is 20.2 Å². The number of hydrogen-bond donors (Lipinski definition) is 11. The molecule has 0 spiro atoms. The number of nitrogens with zero attached hydrogens (tertiary/aromatic N) is 5. The molecule has 480 valence electrons. The number of allylic oxidation sites excluding steroid dienone is 6. The van der Waals surface area contributed by atoms with Crippen LogP contribution in [0.3, 0.4) is 0 Å². The van der Waals surface area contributed by atoms with Crippen molar-refractivity contribution in [2.75, 3.05) is 13.2 Å². The maximum Gasteiger partial charge on any atom is 0.472 e. The number of aromatic nitrogens is 2. The molecule has 1 aromatic carbocycles. The minimum atomic E-state index is -5.05. The molecule has 8 bridgehead atoms. The fourth-order valence-corrected chi connectivity index (χ4v) is 16.3. The number of phosphoric ester groups is 1. The molecule has 88 heavy (non-hydrogen) atoms. The summed E-state index contributed by atoms with van der Waals surface area (Å²) in [5.41, 5.74) is 35.3. The Balaban J connectivity index is 1.21. The number of phosphoric acid groups is 1. The van der Waals surface area contributed by atoms with Gasteiger partial charge in [-0.25, -0.2) is 9.55 Å². The summed E-state index contributed by atoms with van der Waals surface area (Å²) in [5, 5.41) is 28.0. The highest BCUT2D eigenvalue weighted by Crippen LogP contribution is 2.62. The van der Waals surface area contributed by atoms with Crippen LogP contribution in [-0.2, 0) is 51.9 Å². The zero-order valence-corrected chi connectivity index (χ0v) is 52.3. The number of ether oxygens (including phenoxy) is 1. The number of nitrogens with one attached hydrogen (secondary N) is 2. The molecule has 0 radical (unpaired) electrons. The molecule has 6 aliphatic heterocycles. The highest BCUT2D eigenvalue weighted by atomic mass is 31.2. The van der Waals surface area contributed by atoms with Gasteiger partial charge in [-0.05, 0) is 82.7 Å². The predicted octanol–water partition coefficient (Wildman–Crippen LogP) is 2.55. The number of carbonyl (C=O) groups excluding carboxylic acids is 7. The second-order valence-electron chi connectivity index (χ2n) is 26.1. The average molecular weight is 1240 g/mol. The fourth-order valence-electron chi connectivity index (χ4n) is 15.1. The highest BCUT2D eigenvalue weighted by molar-refractivity contribution is 7.47. The summed E-state index contributed by atoms with van der Waals surface area (Å²) in [6.07, 6.45) is -4.25. The van der Waals surface area contributed by atoms with Crippen LogP contribution >= 0.6 is 7.82 Å². The lowest BCUT2D eigenvalue weighted by Crippen LogP contribution is -2.56. The van der Waals surface area contributed by atoms with Crippen molar-refractivity contribution in [3.63, 3.8) is 0 Å². The first-order valence-electron chi connectivity index (χ1n) is 29.7. The number of aliphatic imine (C=N–C) groups is 3. The molecule has 8 rings (SSSR count). The van der Waals surface area contributed by atoms with E-state index in [1.807, 2.05) is 61.5 Å². The van der Waals surface area contributed by atoms with Gasteiger partial charge in [0.1, 0.15) is 18.3 Å². The van der Waals surface area contributed by atoms with Crippen LogP contribution < -0.4 is 45.0 Å². The van der Waals surface area contributed by atoms with Gasteiger partial charge in [0.05, 0.1) is 41.7 Å². The lowest BCUT2D eigenvalue weighted by molar-refractivity contribution is -0.124. The molecule has 0 saturated carbocycles. The number of hydrogen-bond acceptors (Lipinski definition) is 18. The second kappa shape index (κ2) is 25.1. The molecule has 7 amide bonds. The fraction of sp³-hybridized carbons (Fsp3) is 0.617. The predicted molar refractivity (Wildman–Crippen MR) is 324 cm³/mol. The van der Waals surface area contributed by atoms with Crippen molar-refractivity contribution in [3.8, 4) is 0 Å². The quantitative estimate of drug-likeness (QED) is 0.0603. The van der Waals surface area contributed by atoms with Crippen LogP contribution in [0, 0.1) is 45.3 Å². The van der Waals surface area contributed by atoms with E-state index >= 15 is 0 Å². The largest absolute Gasteiger partial charge is 0.472 e. The Kier molecular flexibility index (Phi) is 19.1. The van der Waals surface area contributed by atoms with Crippen LogP contribution in [0.25, 0.3) is 11.0 Å².